The highest BCUT2D eigenvalue weighted by atomic mass is 16.5. The van der Waals surface area contributed by atoms with Crippen molar-refractivity contribution in [3.8, 4) is 11.5 Å². The molecule has 0 saturated heterocycles. The highest BCUT2D eigenvalue weighted by Crippen LogP contribution is 2.30. The Kier molecular flexibility index (Phi) is 4.49. The van der Waals surface area contributed by atoms with E-state index in [1.165, 1.54) is 0 Å². The molecule has 0 radical (unpaired) electrons. The molecule has 1 aromatic carbocycles. The summed E-state index contributed by atoms with van der Waals surface area (Å²) in [5.74, 6) is 1.07. The second-order valence-corrected chi connectivity index (χ2v) is 5.10. The first-order chi connectivity index (χ1) is 9.52. The molecular formula is C15H21NO4. The Morgan fingerprint density at radius 3 is 2.75 bits per heavy atom. The van der Waals surface area contributed by atoms with Crippen LogP contribution in [0.5, 0.6) is 11.5 Å². The van der Waals surface area contributed by atoms with Crippen LogP contribution in [0.3, 0.4) is 0 Å². The van der Waals surface area contributed by atoms with E-state index < -0.39 is 6.10 Å². The lowest BCUT2D eigenvalue weighted by Gasteiger charge is -2.18. The zero-order chi connectivity index (χ0) is 14.7. The number of amides is 1. The van der Waals surface area contributed by atoms with Gasteiger partial charge in [-0.05, 0) is 31.9 Å². The first-order valence-corrected chi connectivity index (χ1v) is 6.77. The number of carbonyl (C=O) groups excluding carboxylic acids is 1. The molecule has 0 spiro atoms. The number of aliphatic hydroxyl groups is 1. The van der Waals surface area contributed by atoms with Crippen LogP contribution >= 0.6 is 0 Å². The topological polar surface area (TPSA) is 59.0 Å². The van der Waals surface area contributed by atoms with Crippen LogP contribution in [-0.4, -0.2) is 42.7 Å². The average molecular weight is 279 g/mol. The molecule has 1 aromatic rings. The van der Waals surface area contributed by atoms with Crippen molar-refractivity contribution in [3.05, 3.63) is 23.8 Å². The summed E-state index contributed by atoms with van der Waals surface area (Å²) in [6.07, 6.45) is 1.48. The van der Waals surface area contributed by atoms with Gasteiger partial charge in [0.1, 0.15) is 11.5 Å². The van der Waals surface area contributed by atoms with E-state index in [4.69, 9.17) is 9.47 Å². The fourth-order valence-corrected chi connectivity index (χ4v) is 2.02. The molecule has 2 rings (SSSR count). The molecule has 5 heteroatoms. The monoisotopic (exact) mass is 279 g/mol. The predicted molar refractivity (Wildman–Crippen MR) is 74.9 cm³/mol. The van der Waals surface area contributed by atoms with Crippen LogP contribution in [-0.2, 0) is 4.79 Å². The van der Waals surface area contributed by atoms with Crippen molar-refractivity contribution in [2.75, 3.05) is 20.8 Å². The van der Waals surface area contributed by atoms with Crippen molar-refractivity contribution in [1.82, 2.24) is 4.90 Å². The van der Waals surface area contributed by atoms with Gasteiger partial charge in [-0.2, -0.15) is 0 Å². The summed E-state index contributed by atoms with van der Waals surface area (Å²) < 4.78 is 10.7. The number of nitrogens with zero attached hydrogens (tertiary/aromatic N) is 1. The van der Waals surface area contributed by atoms with Crippen molar-refractivity contribution in [1.29, 1.82) is 0 Å². The minimum absolute atomic E-state index is 0.0279. The van der Waals surface area contributed by atoms with Gasteiger partial charge in [-0.1, -0.05) is 0 Å². The van der Waals surface area contributed by atoms with Gasteiger partial charge in [0.2, 0.25) is 0 Å². The van der Waals surface area contributed by atoms with Gasteiger partial charge in [0, 0.05) is 24.7 Å². The molecule has 110 valence electrons. The normalized spacial score (nSPS) is 15.6. The van der Waals surface area contributed by atoms with Crippen LogP contribution in [0.1, 0.15) is 31.4 Å². The Labute approximate surface area is 119 Å². The van der Waals surface area contributed by atoms with Crippen molar-refractivity contribution in [2.45, 2.75) is 31.9 Å². The van der Waals surface area contributed by atoms with Gasteiger partial charge in [0.05, 0.1) is 13.2 Å². The largest absolute Gasteiger partial charge is 0.497 e. The van der Waals surface area contributed by atoms with Crippen LogP contribution in [0, 0.1) is 0 Å². The van der Waals surface area contributed by atoms with Crippen LogP contribution in [0.2, 0.25) is 0 Å². The number of likely N-dealkylation sites (N-methyl/N-ethyl adjacent to an activating group) is 1. The van der Waals surface area contributed by atoms with E-state index in [1.807, 2.05) is 0 Å². The third kappa shape index (κ3) is 3.42. The zero-order valence-corrected chi connectivity index (χ0v) is 12.1. The number of ether oxygens (including phenoxy) is 2. The highest BCUT2D eigenvalue weighted by Gasteiger charge is 2.29. The summed E-state index contributed by atoms with van der Waals surface area (Å²) in [4.78, 5) is 13.7. The maximum Gasteiger partial charge on any atom is 0.260 e. The zero-order valence-electron chi connectivity index (χ0n) is 12.1. The van der Waals surface area contributed by atoms with Gasteiger partial charge in [-0.3, -0.25) is 4.79 Å². The lowest BCUT2D eigenvalue weighted by Crippen LogP contribution is -2.33. The van der Waals surface area contributed by atoms with Crippen LogP contribution in [0.25, 0.3) is 0 Å². The average Bonchev–Trinajstić information content (AvgIpc) is 3.27. The number of rotatable bonds is 6. The summed E-state index contributed by atoms with van der Waals surface area (Å²) in [6.45, 7) is 1.63. The number of aliphatic hydroxyl groups excluding tert-OH is 1. The summed E-state index contributed by atoms with van der Waals surface area (Å²) in [5.41, 5.74) is 0.646. The Balaban J connectivity index is 2.04. The molecule has 1 amide bonds. The number of benzene rings is 1. The van der Waals surface area contributed by atoms with Crippen LogP contribution < -0.4 is 9.47 Å². The molecule has 0 unspecified atom stereocenters. The lowest BCUT2D eigenvalue weighted by atomic mass is 10.1. The van der Waals surface area contributed by atoms with Gasteiger partial charge >= 0.3 is 0 Å². The molecule has 20 heavy (non-hydrogen) atoms. The number of methoxy groups -OCH3 is 1. The summed E-state index contributed by atoms with van der Waals surface area (Å²) in [7, 11) is 3.36. The standard InChI is InChI=1S/C15H21NO4/c1-10(17)13-7-6-12(19-3)8-14(13)20-9-15(18)16(2)11-4-5-11/h6-8,10-11,17H,4-5,9H2,1-3H3/t10-/m0/s1. The fourth-order valence-electron chi connectivity index (χ4n) is 2.02. The smallest absolute Gasteiger partial charge is 0.260 e. The molecule has 0 bridgehead atoms. The van der Waals surface area contributed by atoms with E-state index in [2.05, 4.69) is 0 Å². The van der Waals surface area contributed by atoms with E-state index in [9.17, 15) is 9.90 Å². The molecule has 1 saturated carbocycles. The van der Waals surface area contributed by atoms with E-state index in [0.717, 1.165) is 12.8 Å². The molecule has 1 fully saturated rings. The molecule has 5 nitrogen and oxygen atoms in total. The fraction of sp³-hybridized carbons (Fsp3) is 0.533. The first-order valence-electron chi connectivity index (χ1n) is 6.77. The van der Waals surface area contributed by atoms with Gasteiger partial charge in [0.15, 0.2) is 6.61 Å². The van der Waals surface area contributed by atoms with Gasteiger partial charge < -0.3 is 19.5 Å². The molecule has 1 aliphatic rings. The predicted octanol–water partition coefficient (Wildman–Crippen LogP) is 1.75. The van der Waals surface area contributed by atoms with Gasteiger partial charge in [0.25, 0.3) is 5.91 Å². The summed E-state index contributed by atoms with van der Waals surface area (Å²) in [6, 6.07) is 5.56. The number of hydrogen-bond acceptors (Lipinski definition) is 4. The molecular weight excluding hydrogens is 258 g/mol. The Hall–Kier alpha value is -1.75. The second kappa shape index (κ2) is 6.13. The number of carbonyl (C=O) groups is 1. The second-order valence-electron chi connectivity index (χ2n) is 5.10. The Morgan fingerprint density at radius 2 is 2.20 bits per heavy atom. The van der Waals surface area contributed by atoms with Crippen molar-refractivity contribution < 1.29 is 19.4 Å². The molecule has 0 aliphatic heterocycles. The Bertz CT molecular complexity index is 483. The maximum absolute atomic E-state index is 11.9. The van der Waals surface area contributed by atoms with Crippen LogP contribution in [0.4, 0.5) is 0 Å². The molecule has 1 aliphatic carbocycles. The minimum atomic E-state index is -0.660. The Morgan fingerprint density at radius 1 is 1.50 bits per heavy atom. The van der Waals surface area contributed by atoms with Gasteiger partial charge in [-0.15, -0.1) is 0 Å². The maximum atomic E-state index is 11.9. The van der Waals surface area contributed by atoms with E-state index >= 15 is 0 Å². The SMILES string of the molecule is COc1ccc([C@H](C)O)c(OCC(=O)N(C)C2CC2)c1. The lowest BCUT2D eigenvalue weighted by molar-refractivity contribution is -0.132. The molecule has 1 atom stereocenters. The minimum Gasteiger partial charge on any atom is -0.497 e. The van der Waals surface area contributed by atoms with Crippen LogP contribution in [0.15, 0.2) is 18.2 Å². The molecule has 0 aromatic heterocycles. The van der Waals surface area contributed by atoms with Crippen molar-refractivity contribution >= 4 is 5.91 Å². The molecule has 1 N–H and O–H groups in total. The molecule has 0 heterocycles. The number of hydrogen-bond donors (Lipinski definition) is 1. The van der Waals surface area contributed by atoms with E-state index in [-0.39, 0.29) is 12.5 Å². The van der Waals surface area contributed by atoms with Crippen molar-refractivity contribution in [2.24, 2.45) is 0 Å². The first kappa shape index (κ1) is 14.7. The quantitative estimate of drug-likeness (QED) is 0.862. The highest BCUT2D eigenvalue weighted by molar-refractivity contribution is 5.78. The van der Waals surface area contributed by atoms with Crippen molar-refractivity contribution in [3.63, 3.8) is 0 Å². The third-order valence-corrected chi connectivity index (χ3v) is 3.51. The summed E-state index contributed by atoms with van der Waals surface area (Å²) >= 11 is 0. The van der Waals surface area contributed by atoms with E-state index in [0.29, 0.717) is 23.1 Å². The third-order valence-electron chi connectivity index (χ3n) is 3.51. The summed E-state index contributed by atoms with van der Waals surface area (Å²) in [5, 5.41) is 9.72. The van der Waals surface area contributed by atoms with Gasteiger partial charge in [-0.25, -0.2) is 0 Å². The van der Waals surface area contributed by atoms with E-state index in [1.54, 1.807) is 44.2 Å².